The Bertz CT molecular complexity index is 634. The highest BCUT2D eigenvalue weighted by Gasteiger charge is 2.18. The highest BCUT2D eigenvalue weighted by atomic mass is 35.5. The molecule has 0 radical (unpaired) electrons. The fourth-order valence-electron chi connectivity index (χ4n) is 1.23. The third kappa shape index (κ3) is 1.80. The fraction of sp³-hybridized carbons (Fsp3) is 0.286. The molecule has 0 aromatic carbocycles. The zero-order valence-corrected chi connectivity index (χ0v) is 9.52. The van der Waals surface area contributed by atoms with Gasteiger partial charge in [-0.3, -0.25) is 0 Å². The van der Waals surface area contributed by atoms with Crippen LogP contribution in [0.3, 0.4) is 0 Å². The van der Waals surface area contributed by atoms with Gasteiger partial charge in [0.25, 0.3) is 0 Å². The van der Waals surface area contributed by atoms with Crippen LogP contribution in [0.25, 0.3) is 11.2 Å². The highest BCUT2D eigenvalue weighted by Crippen LogP contribution is 2.19. The Labute approximate surface area is 90.6 Å². The van der Waals surface area contributed by atoms with Crippen molar-refractivity contribution in [3.8, 4) is 0 Å². The number of H-pyrrole nitrogens is 1. The summed E-state index contributed by atoms with van der Waals surface area (Å²) in [6.45, 7) is 1.70. The van der Waals surface area contributed by atoms with Crippen LogP contribution in [0.4, 0.5) is 0 Å². The number of imidazole rings is 1. The third-order valence-corrected chi connectivity index (χ3v) is 2.93. The molecule has 1 N–H and O–H groups in total. The van der Waals surface area contributed by atoms with Crippen LogP contribution in [-0.2, 0) is 9.84 Å². The summed E-state index contributed by atoms with van der Waals surface area (Å²) in [6, 6.07) is 0. The number of sulfone groups is 1. The summed E-state index contributed by atoms with van der Waals surface area (Å²) >= 11 is 5.60. The summed E-state index contributed by atoms with van der Waals surface area (Å²) in [5, 5.41) is -0.257. The predicted molar refractivity (Wildman–Crippen MR) is 54.5 cm³/mol. The molecule has 0 fully saturated rings. The van der Waals surface area contributed by atoms with Crippen LogP contribution in [0, 0.1) is 6.92 Å². The van der Waals surface area contributed by atoms with Gasteiger partial charge >= 0.3 is 0 Å². The second kappa shape index (κ2) is 3.14. The summed E-state index contributed by atoms with van der Waals surface area (Å²) in [7, 11) is -3.45. The van der Waals surface area contributed by atoms with Gasteiger partial charge in [0.05, 0.1) is 0 Å². The van der Waals surface area contributed by atoms with Crippen LogP contribution < -0.4 is 0 Å². The van der Waals surface area contributed by atoms with Crippen molar-refractivity contribution in [2.75, 3.05) is 6.26 Å². The van der Waals surface area contributed by atoms with Gasteiger partial charge in [0.15, 0.2) is 20.5 Å². The minimum Gasteiger partial charge on any atom is -0.338 e. The Morgan fingerprint density at radius 2 is 1.93 bits per heavy atom. The first kappa shape index (κ1) is 10.3. The number of nitrogens with one attached hydrogen (secondary N) is 1. The fourth-order valence-corrected chi connectivity index (χ4v) is 2.21. The smallest absolute Gasteiger partial charge is 0.225 e. The number of nitrogens with zero attached hydrogens (tertiary/aromatic N) is 3. The molecule has 0 atom stereocenters. The van der Waals surface area contributed by atoms with E-state index in [0.717, 1.165) is 6.26 Å². The van der Waals surface area contributed by atoms with Crippen LogP contribution in [0.5, 0.6) is 0 Å². The molecule has 0 spiro atoms. The standard InChI is InChI=1S/C7H7ClN4O2S/c1-3-9-4-5(10-3)11-7(8)12-6(4)15(2,13)14/h1-2H3,(H,9,10,11,12). The molecule has 2 aromatic heterocycles. The minimum absolute atomic E-state index is 0.127. The molecule has 2 heterocycles. The van der Waals surface area contributed by atoms with E-state index in [4.69, 9.17) is 11.6 Å². The Morgan fingerprint density at radius 3 is 2.53 bits per heavy atom. The van der Waals surface area contributed by atoms with Crippen molar-refractivity contribution < 1.29 is 8.42 Å². The third-order valence-electron chi connectivity index (χ3n) is 1.76. The molecule has 0 unspecified atom stereocenters. The van der Waals surface area contributed by atoms with E-state index in [1.54, 1.807) is 6.92 Å². The van der Waals surface area contributed by atoms with Crippen LogP contribution in [0.15, 0.2) is 5.03 Å². The number of hydrogen-bond acceptors (Lipinski definition) is 5. The summed E-state index contributed by atoms with van der Waals surface area (Å²) in [5.41, 5.74) is 0.548. The van der Waals surface area contributed by atoms with Crippen LogP contribution >= 0.6 is 11.6 Å². The van der Waals surface area contributed by atoms with Gasteiger partial charge in [-0.25, -0.2) is 18.4 Å². The maximum Gasteiger partial charge on any atom is 0.225 e. The Hall–Kier alpha value is -1.21. The van der Waals surface area contributed by atoms with E-state index in [0.29, 0.717) is 11.3 Å². The van der Waals surface area contributed by atoms with Crippen LogP contribution in [-0.4, -0.2) is 34.6 Å². The minimum atomic E-state index is -3.45. The lowest BCUT2D eigenvalue weighted by Gasteiger charge is -1.98. The van der Waals surface area contributed by atoms with Gasteiger partial charge in [0, 0.05) is 6.26 Å². The molecule has 15 heavy (non-hydrogen) atoms. The topological polar surface area (TPSA) is 88.6 Å². The van der Waals surface area contributed by atoms with Crippen molar-refractivity contribution in [3.05, 3.63) is 11.1 Å². The predicted octanol–water partition coefficient (Wildman–Crippen LogP) is 0.718. The number of aryl methyl sites for hydroxylation is 1. The number of hydrogen-bond donors (Lipinski definition) is 1. The molecule has 0 bridgehead atoms. The van der Waals surface area contributed by atoms with Gasteiger partial charge in [-0.1, -0.05) is 0 Å². The molecule has 0 aliphatic heterocycles. The van der Waals surface area contributed by atoms with E-state index < -0.39 is 9.84 Å². The van der Waals surface area contributed by atoms with Crippen molar-refractivity contribution in [2.45, 2.75) is 11.9 Å². The Balaban J connectivity index is 2.94. The first-order valence-corrected chi connectivity index (χ1v) is 6.25. The zero-order chi connectivity index (χ0) is 11.2. The normalized spacial score (nSPS) is 12.2. The number of aromatic nitrogens is 4. The van der Waals surface area contributed by atoms with Crippen molar-refractivity contribution in [1.82, 2.24) is 19.9 Å². The van der Waals surface area contributed by atoms with Gasteiger partial charge < -0.3 is 4.98 Å². The van der Waals surface area contributed by atoms with E-state index in [2.05, 4.69) is 19.9 Å². The second-order valence-electron chi connectivity index (χ2n) is 3.09. The van der Waals surface area contributed by atoms with Gasteiger partial charge in [-0.15, -0.1) is 0 Å². The number of fused-ring (bicyclic) bond motifs is 1. The molecule has 0 amide bonds. The first-order chi connectivity index (χ1) is 6.88. The van der Waals surface area contributed by atoms with Gasteiger partial charge in [0.1, 0.15) is 11.3 Å². The van der Waals surface area contributed by atoms with Gasteiger partial charge in [-0.2, -0.15) is 4.98 Å². The maximum absolute atomic E-state index is 11.4. The van der Waals surface area contributed by atoms with E-state index in [9.17, 15) is 8.42 Å². The molecule has 80 valence electrons. The monoisotopic (exact) mass is 246 g/mol. The largest absolute Gasteiger partial charge is 0.338 e. The molecule has 0 aliphatic carbocycles. The number of aromatic amines is 1. The van der Waals surface area contributed by atoms with E-state index in [1.807, 2.05) is 0 Å². The van der Waals surface area contributed by atoms with Gasteiger partial charge in [-0.05, 0) is 18.5 Å². The lowest BCUT2D eigenvalue weighted by Crippen LogP contribution is -2.03. The Kier molecular flexibility index (Phi) is 2.16. The molecule has 0 saturated heterocycles. The maximum atomic E-state index is 11.4. The molecule has 2 rings (SSSR count). The molecule has 2 aromatic rings. The summed E-state index contributed by atoms with van der Waals surface area (Å²) in [4.78, 5) is 14.3. The molecular weight excluding hydrogens is 240 g/mol. The number of rotatable bonds is 1. The van der Waals surface area contributed by atoms with E-state index in [-0.39, 0.29) is 16.0 Å². The lowest BCUT2D eigenvalue weighted by molar-refractivity contribution is 0.599. The lowest BCUT2D eigenvalue weighted by atomic mass is 10.6. The van der Waals surface area contributed by atoms with E-state index in [1.165, 1.54) is 0 Å². The quantitative estimate of drug-likeness (QED) is 0.592. The average Bonchev–Trinajstić information content (AvgIpc) is 2.41. The average molecular weight is 247 g/mol. The Morgan fingerprint density at radius 1 is 1.27 bits per heavy atom. The van der Waals surface area contributed by atoms with Crippen molar-refractivity contribution >= 4 is 32.6 Å². The van der Waals surface area contributed by atoms with Gasteiger partial charge in [0.2, 0.25) is 5.28 Å². The van der Waals surface area contributed by atoms with Crippen LogP contribution in [0.2, 0.25) is 5.28 Å². The molecule has 0 aliphatic rings. The summed E-state index contributed by atoms with van der Waals surface area (Å²) < 4.78 is 22.8. The summed E-state index contributed by atoms with van der Waals surface area (Å²) in [6.07, 6.45) is 1.06. The SMILES string of the molecule is Cc1nc2nc(Cl)nc(S(C)(=O)=O)c2[nH]1. The molecule has 0 saturated carbocycles. The first-order valence-electron chi connectivity index (χ1n) is 3.98. The number of halogens is 1. The molecule has 8 heteroatoms. The van der Waals surface area contributed by atoms with Crippen molar-refractivity contribution in [1.29, 1.82) is 0 Å². The zero-order valence-electron chi connectivity index (χ0n) is 7.94. The molecule has 6 nitrogen and oxygen atoms in total. The summed E-state index contributed by atoms with van der Waals surface area (Å²) in [5.74, 6) is 0.562. The van der Waals surface area contributed by atoms with E-state index >= 15 is 0 Å². The van der Waals surface area contributed by atoms with Crippen LogP contribution in [0.1, 0.15) is 5.82 Å². The van der Waals surface area contributed by atoms with Crippen molar-refractivity contribution in [2.24, 2.45) is 0 Å². The second-order valence-corrected chi connectivity index (χ2v) is 5.36. The van der Waals surface area contributed by atoms with Crippen molar-refractivity contribution in [3.63, 3.8) is 0 Å². The molecular formula is C7H7ClN4O2S. The highest BCUT2D eigenvalue weighted by molar-refractivity contribution is 7.90.